The maximum Gasteiger partial charge on any atom is 0.643 e. The summed E-state index contributed by atoms with van der Waals surface area (Å²) in [6.07, 6.45) is 0. The smallest absolute Gasteiger partial charge is 0.508 e. The Balaban J connectivity index is 0.000000183. The first-order valence-corrected chi connectivity index (χ1v) is 23.9. The second kappa shape index (κ2) is 19.5. The maximum absolute atomic E-state index is 10.4. The SMILES string of the molecule is ClC1=NC2=NC(Cl)=NC3=NC(Cl)=NC(=N1)N23.Oc1ccc(C2=NC3=NC(c4ccc(O)cc4O)=NC4=NC(c5ccc(O)cc5O)=NC(=N2)N34)c(O)c1.Oc1cccc(O)c1.[Cl][Al]([Cl])[Cl]. The molecular weight excluding hydrogens is 996 g/mol. The van der Waals surface area contributed by atoms with Gasteiger partial charge in [-0.25, -0.2) is 39.9 Å². The van der Waals surface area contributed by atoms with E-state index in [0.29, 0.717) is 0 Å². The highest BCUT2D eigenvalue weighted by Crippen LogP contribution is 2.31. The summed E-state index contributed by atoms with van der Waals surface area (Å²) in [5, 5.41) is 77.5. The van der Waals surface area contributed by atoms with Gasteiger partial charge in [0, 0.05) is 24.3 Å². The maximum atomic E-state index is 10.4. The van der Waals surface area contributed by atoms with Gasteiger partial charge in [-0.15, -0.1) is 0 Å². The van der Waals surface area contributed by atoms with Crippen LogP contribution in [-0.4, -0.2) is 131 Å². The Kier molecular flexibility index (Phi) is 13.9. The van der Waals surface area contributed by atoms with Gasteiger partial charge in [0.05, 0.1) is 16.7 Å². The van der Waals surface area contributed by atoms with Gasteiger partial charge in [-0.05, 0) is 83.3 Å². The molecule has 0 unspecified atom stereocenters. The van der Waals surface area contributed by atoms with Crippen molar-refractivity contribution in [2.75, 3.05) is 0 Å². The van der Waals surface area contributed by atoms with Crippen LogP contribution >= 0.6 is 65.0 Å². The van der Waals surface area contributed by atoms with Crippen LogP contribution in [0, 0.1) is 0 Å². The molecule has 65 heavy (non-hydrogen) atoms. The molecule has 0 fully saturated rings. The Morgan fingerprint density at radius 3 is 0.846 bits per heavy atom. The molecule has 4 aromatic rings. The van der Waals surface area contributed by atoms with Gasteiger partial charge in [0.1, 0.15) is 46.0 Å². The zero-order valence-corrected chi connectivity index (χ0v) is 37.4. The highest BCUT2D eigenvalue weighted by molar-refractivity contribution is 7.54. The molecule has 0 saturated carbocycles. The minimum absolute atomic E-state index is 0.00849. The molecule has 0 radical (unpaired) electrons. The van der Waals surface area contributed by atoms with E-state index in [9.17, 15) is 30.6 Å². The third kappa shape index (κ3) is 10.9. The summed E-state index contributed by atoms with van der Waals surface area (Å²) in [7, 11) is 14.8. The van der Waals surface area contributed by atoms with Crippen LogP contribution in [0.5, 0.6) is 46.0 Å². The lowest BCUT2D eigenvalue weighted by Crippen LogP contribution is -2.48. The van der Waals surface area contributed by atoms with Crippen LogP contribution in [0.25, 0.3) is 0 Å². The van der Waals surface area contributed by atoms with E-state index in [2.05, 4.69) is 59.9 Å². The van der Waals surface area contributed by atoms with Crippen LogP contribution in [0.3, 0.4) is 0 Å². The topological polar surface area (TPSA) is 317 Å². The van der Waals surface area contributed by atoms with E-state index in [1.807, 2.05) is 0 Å². The number of phenolic OH excluding ortho intramolecular Hbond substituents is 8. The molecule has 0 saturated heterocycles. The molecule has 6 heterocycles. The largest absolute Gasteiger partial charge is 0.643 e. The molecular formula is C36H21AlCl6N14O8. The van der Waals surface area contributed by atoms with Crippen molar-refractivity contribution in [1.29, 1.82) is 0 Å². The van der Waals surface area contributed by atoms with E-state index in [0.717, 1.165) is 18.2 Å². The summed E-state index contributed by atoms with van der Waals surface area (Å²) in [5.41, 5.74) is 0.535. The monoisotopic (exact) mass is 1010 g/mol. The number of halogens is 6. The Morgan fingerprint density at radius 2 is 0.600 bits per heavy atom. The molecule has 6 aliphatic rings. The van der Waals surface area contributed by atoms with E-state index < -0.39 is 11.4 Å². The number of hydrogen-bond donors (Lipinski definition) is 8. The lowest BCUT2D eigenvalue weighted by atomic mass is 10.1. The molecule has 0 bridgehead atoms. The van der Waals surface area contributed by atoms with Crippen LogP contribution in [0.1, 0.15) is 16.7 Å². The standard InChI is InChI=1S/C24H15N7O6.C6Cl3N7.C6H6O2.Al.3ClH/c32-10-1-4-13(16(35)7-10)19-25-22-27-20(14-5-2-11(33)8-17(14)36)29-24-30-21(28-23(26-19)31(22)24)15-6-3-12(34)9-18(15)37;7-1-10-4-12-2(8)14-6-15-3(9)13-5(11-1)16(4)6;7-5-2-1-3-6(8)4-5;;;;/h1-9,32-37H;;1-4,7-8H;;3*1H/q;;;+3;;;/p-3. The molecule has 6 aliphatic heterocycles. The number of guanidine groups is 6. The Hall–Kier alpha value is -6.81. The predicted octanol–water partition coefficient (Wildman–Crippen LogP) is 5.94. The van der Waals surface area contributed by atoms with Crippen LogP contribution in [-0.2, 0) is 0 Å². The van der Waals surface area contributed by atoms with E-state index in [4.69, 9.17) is 75.2 Å². The van der Waals surface area contributed by atoms with E-state index in [1.54, 1.807) is 6.07 Å². The van der Waals surface area contributed by atoms with Crippen LogP contribution in [0.2, 0.25) is 0 Å². The second-order valence-corrected chi connectivity index (χ2v) is 19.9. The molecule has 8 N–H and O–H groups in total. The van der Waals surface area contributed by atoms with Crippen molar-refractivity contribution >= 4 is 145 Å². The number of rotatable bonds is 3. The van der Waals surface area contributed by atoms with Crippen LogP contribution in [0.15, 0.2) is 139 Å². The quantitative estimate of drug-likeness (QED) is 0.0882. The van der Waals surface area contributed by atoms with Gasteiger partial charge >= 0.3 is 11.4 Å². The normalized spacial score (nSPS) is 16.2. The lowest BCUT2D eigenvalue weighted by Gasteiger charge is -2.30. The van der Waals surface area contributed by atoms with Gasteiger partial charge in [-0.1, -0.05) is 6.07 Å². The van der Waals surface area contributed by atoms with Crippen LogP contribution in [0.4, 0.5) is 0 Å². The summed E-state index contributed by atoms with van der Waals surface area (Å²) < 4.78 is 0. The van der Waals surface area contributed by atoms with Gasteiger partial charge in [0.25, 0.3) is 0 Å². The summed E-state index contributed by atoms with van der Waals surface area (Å²) in [6, 6.07) is 17.6. The summed E-state index contributed by atoms with van der Waals surface area (Å²) in [6.45, 7) is 0. The number of aromatic hydroxyl groups is 8. The molecule has 29 heteroatoms. The third-order valence-electron chi connectivity index (χ3n) is 8.09. The minimum atomic E-state index is -1.72. The minimum Gasteiger partial charge on any atom is -0.508 e. The first-order chi connectivity index (χ1) is 30.9. The lowest BCUT2D eigenvalue weighted by molar-refractivity contribution is 0.449. The van der Waals surface area contributed by atoms with Crippen molar-refractivity contribution in [2.24, 2.45) is 59.9 Å². The highest BCUT2D eigenvalue weighted by Gasteiger charge is 2.37. The number of amidine groups is 6. The molecule has 4 aromatic carbocycles. The summed E-state index contributed by atoms with van der Waals surface area (Å²) >= 11 is 15.4. The molecule has 0 aromatic heterocycles. The van der Waals surface area contributed by atoms with Gasteiger partial charge in [0.2, 0.25) is 51.6 Å². The van der Waals surface area contributed by atoms with Gasteiger partial charge in [0.15, 0.2) is 17.5 Å². The molecule has 0 spiro atoms. The van der Waals surface area contributed by atoms with Gasteiger partial charge in [-0.2, -0.15) is 59.9 Å². The Bertz CT molecular complexity index is 2750. The van der Waals surface area contributed by atoms with Crippen molar-refractivity contribution in [3.05, 3.63) is 95.6 Å². The molecule has 10 rings (SSSR count). The average Bonchev–Trinajstić information content (AvgIpc) is 3.20. The number of aliphatic imine (C=N–C) groups is 12. The molecule has 0 aliphatic carbocycles. The molecule has 328 valence electrons. The summed E-state index contributed by atoms with van der Waals surface area (Å²) in [5.74, 6) is -0.453. The van der Waals surface area contributed by atoms with Gasteiger partial charge in [-0.3, -0.25) is 0 Å². The highest BCUT2D eigenvalue weighted by atomic mass is 35.8. The zero-order chi connectivity index (χ0) is 46.7. The van der Waals surface area contributed by atoms with Crippen molar-refractivity contribution < 1.29 is 40.9 Å². The first-order valence-electron chi connectivity index (χ1n) is 17.5. The fourth-order valence-corrected chi connectivity index (χ4v) is 5.94. The first kappa shape index (κ1) is 46.2. The molecule has 22 nitrogen and oxygen atoms in total. The fraction of sp³-hybridized carbons (Fsp3) is 0. The van der Waals surface area contributed by atoms with Crippen molar-refractivity contribution in [1.82, 2.24) is 9.80 Å². The average molecular weight is 1020 g/mol. The third-order valence-corrected chi connectivity index (χ3v) is 8.59. The Morgan fingerprint density at radius 1 is 0.338 bits per heavy atom. The van der Waals surface area contributed by atoms with Crippen molar-refractivity contribution in [3.63, 3.8) is 0 Å². The summed E-state index contributed by atoms with van der Waals surface area (Å²) in [4.78, 5) is 52.5. The molecule has 0 atom stereocenters. The van der Waals surface area contributed by atoms with E-state index in [-0.39, 0.29) is 132 Å². The Labute approximate surface area is 395 Å². The number of hydrogen-bond acceptors (Lipinski definition) is 22. The van der Waals surface area contributed by atoms with E-state index >= 15 is 0 Å². The van der Waals surface area contributed by atoms with Gasteiger partial charge < -0.3 is 40.9 Å². The number of phenols is 8. The predicted molar refractivity (Wildman–Crippen MR) is 250 cm³/mol. The van der Waals surface area contributed by atoms with Crippen molar-refractivity contribution in [3.8, 4) is 46.0 Å². The number of benzene rings is 4. The van der Waals surface area contributed by atoms with E-state index in [1.165, 1.54) is 64.4 Å². The second-order valence-electron chi connectivity index (χ2n) is 12.5. The number of nitrogens with zero attached hydrogens (tertiary/aromatic N) is 14. The fourth-order valence-electron chi connectivity index (χ4n) is 5.48. The zero-order valence-electron chi connectivity index (χ0n) is 31.7. The molecule has 0 amide bonds. The van der Waals surface area contributed by atoms with Crippen LogP contribution < -0.4 is 0 Å². The van der Waals surface area contributed by atoms with Crippen molar-refractivity contribution in [2.45, 2.75) is 0 Å².